The van der Waals surface area contributed by atoms with Crippen molar-refractivity contribution >= 4 is 12.4 Å². The molecule has 0 aromatic heterocycles. The van der Waals surface area contributed by atoms with Crippen molar-refractivity contribution in [3.63, 3.8) is 0 Å². The van der Waals surface area contributed by atoms with Crippen molar-refractivity contribution in [1.82, 2.24) is 4.90 Å². The molecular weight excluding hydrogens is 320 g/mol. The molecule has 0 amide bonds. The van der Waals surface area contributed by atoms with Crippen LogP contribution in [0.5, 0.6) is 0 Å². The highest BCUT2D eigenvalue weighted by molar-refractivity contribution is 5.85. The molecule has 0 atom stereocenters. The number of β-amino-alcohol motifs (C(OH)–C–C–N with tert-alkyl or cyclic N) is 1. The Labute approximate surface area is 143 Å². The van der Waals surface area contributed by atoms with E-state index >= 15 is 0 Å². The molecule has 2 fully saturated rings. The average molecular weight is 346 g/mol. The maximum Gasteiger partial charge on any atom is 0.159 e. The van der Waals surface area contributed by atoms with Gasteiger partial charge in [0.15, 0.2) is 11.6 Å². The summed E-state index contributed by atoms with van der Waals surface area (Å²) in [6, 6.07) is 4.16. The SMILES string of the molecule is CC1CCC(O)(CN2CC(Cc3ccc(F)c(F)c3)C2)CC1.Cl. The van der Waals surface area contributed by atoms with Crippen molar-refractivity contribution in [2.24, 2.45) is 11.8 Å². The maximum atomic E-state index is 13.2. The molecule has 1 N–H and O–H groups in total. The van der Waals surface area contributed by atoms with Crippen molar-refractivity contribution in [1.29, 1.82) is 0 Å². The van der Waals surface area contributed by atoms with Gasteiger partial charge in [-0.3, -0.25) is 4.90 Å². The fourth-order valence-corrected chi connectivity index (χ4v) is 3.81. The number of aliphatic hydroxyl groups is 1. The Morgan fingerprint density at radius 2 is 1.83 bits per heavy atom. The van der Waals surface area contributed by atoms with Gasteiger partial charge in [-0.05, 0) is 61.6 Å². The molecule has 0 spiro atoms. The third-order valence-corrected chi connectivity index (χ3v) is 5.26. The van der Waals surface area contributed by atoms with Crippen molar-refractivity contribution in [2.45, 2.75) is 44.6 Å². The summed E-state index contributed by atoms with van der Waals surface area (Å²) < 4.78 is 26.1. The highest BCUT2D eigenvalue weighted by atomic mass is 35.5. The van der Waals surface area contributed by atoms with Crippen molar-refractivity contribution < 1.29 is 13.9 Å². The molecule has 130 valence electrons. The van der Waals surface area contributed by atoms with Crippen LogP contribution in [-0.4, -0.2) is 35.2 Å². The summed E-state index contributed by atoms with van der Waals surface area (Å²) in [6.45, 7) is 4.89. The Hall–Kier alpha value is -0.710. The Morgan fingerprint density at radius 1 is 1.17 bits per heavy atom. The standard InChI is InChI=1S/C18H25F2NO.ClH/c1-13-4-6-18(22,7-5-13)12-21-10-15(11-21)8-14-2-3-16(19)17(20)9-14;/h2-3,9,13,15,22H,4-8,10-12H2,1H3;1H. The second kappa shape index (κ2) is 7.45. The monoisotopic (exact) mass is 345 g/mol. The van der Waals surface area contributed by atoms with Crippen LogP contribution in [0.25, 0.3) is 0 Å². The molecule has 1 saturated carbocycles. The summed E-state index contributed by atoms with van der Waals surface area (Å²) in [5.74, 6) is -0.333. The van der Waals surface area contributed by atoms with Crippen LogP contribution in [0.1, 0.15) is 38.2 Å². The first-order valence-corrected chi connectivity index (χ1v) is 8.32. The molecule has 1 aliphatic heterocycles. The first-order valence-electron chi connectivity index (χ1n) is 8.32. The van der Waals surface area contributed by atoms with Gasteiger partial charge >= 0.3 is 0 Å². The van der Waals surface area contributed by atoms with Crippen LogP contribution in [0.3, 0.4) is 0 Å². The van der Waals surface area contributed by atoms with E-state index in [4.69, 9.17) is 0 Å². The average Bonchev–Trinajstić information content (AvgIpc) is 2.44. The number of halogens is 3. The molecule has 3 rings (SSSR count). The van der Waals surface area contributed by atoms with E-state index in [1.165, 1.54) is 12.1 Å². The smallest absolute Gasteiger partial charge is 0.159 e. The minimum atomic E-state index is -0.785. The zero-order valence-corrected chi connectivity index (χ0v) is 14.4. The topological polar surface area (TPSA) is 23.5 Å². The van der Waals surface area contributed by atoms with E-state index < -0.39 is 17.2 Å². The Kier molecular flexibility index (Phi) is 6.04. The quantitative estimate of drug-likeness (QED) is 0.897. The fraction of sp³-hybridized carbons (Fsp3) is 0.667. The molecule has 23 heavy (non-hydrogen) atoms. The maximum absolute atomic E-state index is 13.2. The van der Waals surface area contributed by atoms with Crippen molar-refractivity contribution in [3.05, 3.63) is 35.4 Å². The van der Waals surface area contributed by atoms with Gasteiger partial charge in [0.1, 0.15) is 0 Å². The number of nitrogens with zero attached hydrogens (tertiary/aromatic N) is 1. The number of hydrogen-bond acceptors (Lipinski definition) is 2. The molecule has 1 aromatic carbocycles. The first-order chi connectivity index (χ1) is 10.4. The van der Waals surface area contributed by atoms with E-state index in [0.717, 1.165) is 63.2 Å². The lowest BCUT2D eigenvalue weighted by atomic mass is 9.78. The third kappa shape index (κ3) is 4.65. The lowest BCUT2D eigenvalue weighted by molar-refractivity contribution is -0.0595. The third-order valence-electron chi connectivity index (χ3n) is 5.26. The highest BCUT2D eigenvalue weighted by Gasteiger charge is 2.37. The molecule has 0 bridgehead atoms. The largest absolute Gasteiger partial charge is 0.389 e. The van der Waals surface area contributed by atoms with Crippen LogP contribution in [0.15, 0.2) is 18.2 Å². The number of benzene rings is 1. The normalized spacial score (nSPS) is 29.0. The zero-order valence-electron chi connectivity index (χ0n) is 13.6. The summed E-state index contributed by atoms with van der Waals surface area (Å²) in [4.78, 5) is 2.29. The Morgan fingerprint density at radius 3 is 2.43 bits per heavy atom. The van der Waals surface area contributed by atoms with Gasteiger partial charge in [0.2, 0.25) is 0 Å². The molecule has 5 heteroatoms. The van der Waals surface area contributed by atoms with Crippen molar-refractivity contribution in [2.75, 3.05) is 19.6 Å². The zero-order chi connectivity index (χ0) is 15.7. The van der Waals surface area contributed by atoms with Gasteiger partial charge in [0, 0.05) is 19.6 Å². The van der Waals surface area contributed by atoms with Crippen LogP contribution < -0.4 is 0 Å². The minimum absolute atomic E-state index is 0. The molecule has 0 unspecified atom stereocenters. The predicted octanol–water partition coefficient (Wildman–Crippen LogP) is 3.80. The number of hydrogen-bond donors (Lipinski definition) is 1. The molecule has 2 nitrogen and oxygen atoms in total. The second-order valence-corrected chi connectivity index (χ2v) is 7.42. The van der Waals surface area contributed by atoms with Gasteiger partial charge < -0.3 is 5.11 Å². The fourth-order valence-electron chi connectivity index (χ4n) is 3.81. The molecular formula is C18H26ClF2NO. The lowest BCUT2D eigenvalue weighted by Crippen LogP contribution is -2.55. The van der Waals surface area contributed by atoms with E-state index in [-0.39, 0.29) is 12.4 Å². The molecule has 0 radical (unpaired) electrons. The van der Waals surface area contributed by atoms with Gasteiger partial charge in [0.05, 0.1) is 5.60 Å². The summed E-state index contributed by atoms with van der Waals surface area (Å²) in [7, 11) is 0. The van der Waals surface area contributed by atoms with E-state index in [0.29, 0.717) is 5.92 Å². The predicted molar refractivity (Wildman–Crippen MR) is 89.8 cm³/mol. The Balaban J connectivity index is 0.00000192. The summed E-state index contributed by atoms with van der Waals surface area (Å²) in [5.41, 5.74) is 0.341. The molecule has 1 heterocycles. The summed E-state index contributed by atoms with van der Waals surface area (Å²) >= 11 is 0. The van der Waals surface area contributed by atoms with E-state index in [2.05, 4.69) is 11.8 Å². The van der Waals surface area contributed by atoms with Crippen LogP contribution in [0, 0.1) is 23.5 Å². The van der Waals surface area contributed by atoms with Crippen LogP contribution >= 0.6 is 12.4 Å². The van der Waals surface area contributed by atoms with Gasteiger partial charge in [-0.25, -0.2) is 8.78 Å². The van der Waals surface area contributed by atoms with Gasteiger partial charge in [-0.2, -0.15) is 0 Å². The Bertz CT molecular complexity index is 526. The second-order valence-electron chi connectivity index (χ2n) is 7.42. The van der Waals surface area contributed by atoms with Gasteiger partial charge in [-0.1, -0.05) is 13.0 Å². The first kappa shape index (κ1) is 18.6. The van der Waals surface area contributed by atoms with Crippen LogP contribution in [0.4, 0.5) is 8.78 Å². The van der Waals surface area contributed by atoms with Gasteiger partial charge in [-0.15, -0.1) is 12.4 Å². The van der Waals surface area contributed by atoms with E-state index in [1.807, 2.05) is 0 Å². The molecule has 1 saturated heterocycles. The highest BCUT2D eigenvalue weighted by Crippen LogP contribution is 2.34. The minimum Gasteiger partial charge on any atom is -0.389 e. The van der Waals surface area contributed by atoms with E-state index in [1.54, 1.807) is 6.07 Å². The lowest BCUT2D eigenvalue weighted by Gasteiger charge is -2.45. The molecule has 2 aliphatic rings. The number of likely N-dealkylation sites (tertiary alicyclic amines) is 1. The summed E-state index contributed by atoms with van der Waals surface area (Å²) in [6.07, 6.45) is 4.81. The molecule has 1 aliphatic carbocycles. The van der Waals surface area contributed by atoms with Crippen LogP contribution in [-0.2, 0) is 6.42 Å². The van der Waals surface area contributed by atoms with E-state index in [9.17, 15) is 13.9 Å². The molecule has 1 aromatic rings. The van der Waals surface area contributed by atoms with Gasteiger partial charge in [0.25, 0.3) is 0 Å². The van der Waals surface area contributed by atoms with Crippen molar-refractivity contribution in [3.8, 4) is 0 Å². The number of rotatable bonds is 4. The van der Waals surface area contributed by atoms with Crippen LogP contribution in [0.2, 0.25) is 0 Å². The summed E-state index contributed by atoms with van der Waals surface area (Å²) in [5, 5.41) is 10.6.